The van der Waals surface area contributed by atoms with Crippen molar-refractivity contribution >= 4 is 0 Å². The van der Waals surface area contributed by atoms with Crippen LogP contribution in [0.4, 0.5) is 4.39 Å². The number of hydrogen-bond donors (Lipinski definition) is 0. The largest absolute Gasteiger partial charge is 0.247 e. The van der Waals surface area contributed by atoms with Crippen LogP contribution in [0.2, 0.25) is 0 Å². The molecule has 0 spiro atoms. The molecule has 2 unspecified atom stereocenters. The summed E-state index contributed by atoms with van der Waals surface area (Å²) in [6, 6.07) is 0. The standard InChI is InChI=1S/C20H35F/c1-6-15-12-20(15)18(8-3)16-9-10-19(13(4)11-16)17(7-2)14(5)21/h10,13-18,20H,6-9,11-12H2,1-5H3/t13-,14?,15-,16-,17-,18?,20+/m0/s1. The molecule has 1 fully saturated rings. The van der Waals surface area contributed by atoms with Crippen molar-refractivity contribution in [3.63, 3.8) is 0 Å². The van der Waals surface area contributed by atoms with Gasteiger partial charge in [0.1, 0.15) is 6.17 Å². The van der Waals surface area contributed by atoms with Gasteiger partial charge in [-0.1, -0.05) is 52.2 Å². The first-order chi connectivity index (χ1) is 10.0. The summed E-state index contributed by atoms with van der Waals surface area (Å²) in [4.78, 5) is 0. The number of halogens is 1. The van der Waals surface area contributed by atoms with Gasteiger partial charge in [-0.05, 0) is 62.2 Å². The Morgan fingerprint density at radius 3 is 2.33 bits per heavy atom. The molecule has 0 bridgehead atoms. The third-order valence-corrected chi connectivity index (χ3v) is 6.43. The van der Waals surface area contributed by atoms with Crippen LogP contribution in [-0.4, -0.2) is 6.17 Å². The molecule has 0 amide bonds. The lowest BCUT2D eigenvalue weighted by atomic mass is 9.69. The van der Waals surface area contributed by atoms with Crippen LogP contribution in [0.5, 0.6) is 0 Å². The predicted molar refractivity (Wildman–Crippen MR) is 90.0 cm³/mol. The van der Waals surface area contributed by atoms with Crippen LogP contribution >= 0.6 is 0 Å². The fourth-order valence-corrected chi connectivity index (χ4v) is 5.12. The summed E-state index contributed by atoms with van der Waals surface area (Å²) >= 11 is 0. The Bertz CT molecular complexity index is 357. The Morgan fingerprint density at radius 1 is 1.19 bits per heavy atom. The Morgan fingerprint density at radius 2 is 1.90 bits per heavy atom. The summed E-state index contributed by atoms with van der Waals surface area (Å²) < 4.78 is 13.8. The van der Waals surface area contributed by atoms with Crippen molar-refractivity contribution in [3.05, 3.63) is 11.6 Å². The zero-order valence-corrected chi connectivity index (χ0v) is 14.7. The van der Waals surface area contributed by atoms with Gasteiger partial charge in [-0.3, -0.25) is 0 Å². The van der Waals surface area contributed by atoms with E-state index in [1.54, 1.807) is 6.92 Å². The summed E-state index contributed by atoms with van der Waals surface area (Å²) in [5.41, 5.74) is 1.42. The summed E-state index contributed by atoms with van der Waals surface area (Å²) in [5.74, 6) is 4.50. The summed E-state index contributed by atoms with van der Waals surface area (Å²) in [6.07, 6.45) is 9.32. The molecule has 7 atom stereocenters. The van der Waals surface area contributed by atoms with Crippen molar-refractivity contribution in [3.8, 4) is 0 Å². The lowest BCUT2D eigenvalue weighted by molar-refractivity contribution is 0.205. The Kier molecular flexibility index (Phi) is 5.91. The first-order valence-electron chi connectivity index (χ1n) is 9.37. The third-order valence-electron chi connectivity index (χ3n) is 6.43. The summed E-state index contributed by atoms with van der Waals surface area (Å²) in [6.45, 7) is 10.9. The van der Waals surface area contributed by atoms with E-state index in [9.17, 15) is 4.39 Å². The first kappa shape index (κ1) is 17.0. The maximum Gasteiger partial charge on any atom is 0.104 e. The fourth-order valence-electron chi connectivity index (χ4n) is 5.12. The first-order valence-corrected chi connectivity index (χ1v) is 9.37. The van der Waals surface area contributed by atoms with Gasteiger partial charge in [0.15, 0.2) is 0 Å². The smallest absolute Gasteiger partial charge is 0.104 e. The highest BCUT2D eigenvalue weighted by molar-refractivity contribution is 5.16. The molecular weight excluding hydrogens is 259 g/mol. The Balaban J connectivity index is 2.02. The van der Waals surface area contributed by atoms with Crippen molar-refractivity contribution in [2.24, 2.45) is 35.5 Å². The lowest BCUT2D eigenvalue weighted by Crippen LogP contribution is -2.27. The minimum Gasteiger partial charge on any atom is -0.247 e. The van der Waals surface area contributed by atoms with E-state index in [4.69, 9.17) is 0 Å². The zero-order chi connectivity index (χ0) is 15.6. The van der Waals surface area contributed by atoms with Crippen LogP contribution in [-0.2, 0) is 0 Å². The van der Waals surface area contributed by atoms with Gasteiger partial charge in [0.25, 0.3) is 0 Å². The summed E-state index contributed by atoms with van der Waals surface area (Å²) in [5, 5.41) is 0. The van der Waals surface area contributed by atoms with Crippen LogP contribution in [0.1, 0.15) is 73.1 Å². The van der Waals surface area contributed by atoms with Crippen LogP contribution in [0.25, 0.3) is 0 Å². The molecular formula is C20H35F. The van der Waals surface area contributed by atoms with Crippen molar-refractivity contribution in [2.75, 3.05) is 0 Å². The molecule has 1 saturated carbocycles. The van der Waals surface area contributed by atoms with Crippen LogP contribution < -0.4 is 0 Å². The van der Waals surface area contributed by atoms with Crippen LogP contribution in [0.15, 0.2) is 11.6 Å². The van der Waals surface area contributed by atoms with Gasteiger partial charge >= 0.3 is 0 Å². The average Bonchev–Trinajstić information content (AvgIpc) is 3.22. The second kappa shape index (κ2) is 7.29. The molecule has 1 heteroatoms. The molecule has 21 heavy (non-hydrogen) atoms. The van der Waals surface area contributed by atoms with Gasteiger partial charge in [0.05, 0.1) is 0 Å². The van der Waals surface area contributed by atoms with E-state index in [0.717, 1.165) is 30.1 Å². The van der Waals surface area contributed by atoms with Crippen LogP contribution in [0, 0.1) is 35.5 Å². The van der Waals surface area contributed by atoms with Gasteiger partial charge in [-0.2, -0.15) is 0 Å². The number of allylic oxidation sites excluding steroid dienone is 2. The molecule has 0 aromatic carbocycles. The monoisotopic (exact) mass is 294 g/mol. The highest BCUT2D eigenvalue weighted by Crippen LogP contribution is 2.53. The van der Waals surface area contributed by atoms with Gasteiger partial charge in [0, 0.05) is 5.92 Å². The molecule has 0 heterocycles. The highest BCUT2D eigenvalue weighted by Gasteiger charge is 2.44. The molecule has 0 nitrogen and oxygen atoms in total. The predicted octanol–water partition coefficient (Wildman–Crippen LogP) is 6.42. The normalized spacial score (nSPS) is 36.8. The van der Waals surface area contributed by atoms with E-state index >= 15 is 0 Å². The van der Waals surface area contributed by atoms with Gasteiger partial charge in [0.2, 0.25) is 0 Å². The second-order valence-electron chi connectivity index (χ2n) is 7.67. The molecule has 2 aliphatic carbocycles. The highest BCUT2D eigenvalue weighted by atomic mass is 19.1. The Hall–Kier alpha value is -0.330. The fraction of sp³-hybridized carbons (Fsp3) is 0.900. The number of rotatable bonds is 7. The van der Waals surface area contributed by atoms with Gasteiger partial charge < -0.3 is 0 Å². The van der Waals surface area contributed by atoms with Crippen molar-refractivity contribution in [2.45, 2.75) is 79.3 Å². The van der Waals surface area contributed by atoms with Crippen LogP contribution in [0.3, 0.4) is 0 Å². The zero-order valence-electron chi connectivity index (χ0n) is 14.7. The quantitative estimate of drug-likeness (QED) is 0.475. The topological polar surface area (TPSA) is 0 Å². The summed E-state index contributed by atoms with van der Waals surface area (Å²) in [7, 11) is 0. The SMILES string of the molecule is CCC([C@H]1CC=C([C@@H](CC)C(C)F)[C@@H](C)C1)[C@@H]1C[C@@H]1CC. The van der Waals surface area contributed by atoms with E-state index < -0.39 is 6.17 Å². The molecule has 2 rings (SSSR count). The maximum absolute atomic E-state index is 13.8. The van der Waals surface area contributed by atoms with Crippen molar-refractivity contribution in [1.29, 1.82) is 0 Å². The molecule has 2 aliphatic rings. The van der Waals surface area contributed by atoms with Gasteiger partial charge in [-0.25, -0.2) is 4.39 Å². The van der Waals surface area contributed by atoms with E-state index in [0.29, 0.717) is 5.92 Å². The molecule has 0 aromatic rings. The molecule has 0 N–H and O–H groups in total. The van der Waals surface area contributed by atoms with E-state index in [2.05, 4.69) is 33.8 Å². The second-order valence-corrected chi connectivity index (χ2v) is 7.67. The molecule has 0 aromatic heterocycles. The number of hydrogen-bond acceptors (Lipinski definition) is 0. The molecule has 122 valence electrons. The van der Waals surface area contributed by atoms with E-state index in [-0.39, 0.29) is 5.92 Å². The third kappa shape index (κ3) is 3.71. The molecule has 0 radical (unpaired) electrons. The van der Waals surface area contributed by atoms with Gasteiger partial charge in [-0.15, -0.1) is 0 Å². The average molecular weight is 294 g/mol. The molecule has 0 aliphatic heterocycles. The van der Waals surface area contributed by atoms with E-state index in [1.165, 1.54) is 37.7 Å². The lowest BCUT2D eigenvalue weighted by Gasteiger charge is -2.36. The Labute approximate surface area is 131 Å². The molecule has 0 saturated heterocycles. The van der Waals surface area contributed by atoms with E-state index in [1.807, 2.05) is 0 Å². The van der Waals surface area contributed by atoms with Crippen molar-refractivity contribution in [1.82, 2.24) is 0 Å². The minimum absolute atomic E-state index is 0.158. The number of alkyl halides is 1. The minimum atomic E-state index is -0.699. The maximum atomic E-state index is 13.8. The van der Waals surface area contributed by atoms with Crippen molar-refractivity contribution < 1.29 is 4.39 Å².